The van der Waals surface area contributed by atoms with Gasteiger partial charge in [0.05, 0.1) is 16.7 Å². The molecule has 0 spiro atoms. The number of benzene rings is 1. The van der Waals surface area contributed by atoms with E-state index < -0.39 is 4.92 Å². The van der Waals surface area contributed by atoms with Crippen LogP contribution in [0, 0.1) is 15.5 Å². The molecule has 2 N–H and O–H groups in total. The van der Waals surface area contributed by atoms with E-state index in [1.165, 1.54) is 12.1 Å². The zero-order chi connectivity index (χ0) is 17.9. The number of hydrogen-bond donors (Lipinski definition) is 1. The van der Waals surface area contributed by atoms with Gasteiger partial charge in [-0.3, -0.25) is 10.1 Å². The van der Waals surface area contributed by atoms with E-state index in [1.54, 1.807) is 12.1 Å². The van der Waals surface area contributed by atoms with E-state index in [4.69, 9.17) is 11.6 Å². The van der Waals surface area contributed by atoms with E-state index in [0.717, 1.165) is 12.1 Å². The number of nitrogens with two attached hydrogens (primary N) is 1. The Hall–Kier alpha value is -1.98. The van der Waals surface area contributed by atoms with Gasteiger partial charge >= 0.3 is 0 Å². The summed E-state index contributed by atoms with van der Waals surface area (Å²) in [6, 6.07) is 10.7. The van der Waals surface area contributed by atoms with Gasteiger partial charge < -0.3 is 5.32 Å². The summed E-state index contributed by atoms with van der Waals surface area (Å²) >= 11 is 6.15. The van der Waals surface area contributed by atoms with Gasteiger partial charge in [0.2, 0.25) is 0 Å². The van der Waals surface area contributed by atoms with E-state index in [0.29, 0.717) is 22.5 Å². The van der Waals surface area contributed by atoms with Gasteiger partial charge in [0.1, 0.15) is 11.7 Å². The number of nitro groups is 1. The highest BCUT2D eigenvalue weighted by atomic mass is 35.5. The second-order valence-electron chi connectivity index (χ2n) is 7.09. The van der Waals surface area contributed by atoms with Crippen molar-refractivity contribution in [1.29, 1.82) is 0 Å². The minimum atomic E-state index is -0.409. The smallest absolute Gasteiger partial charge is 0.270 e. The molecule has 0 aliphatic heterocycles. The number of rotatable bonds is 5. The molecule has 0 aliphatic rings. The Kier molecular flexibility index (Phi) is 5.57. The summed E-state index contributed by atoms with van der Waals surface area (Å²) in [5.74, 6) is 0. The summed E-state index contributed by atoms with van der Waals surface area (Å²) in [5, 5.41) is 13.6. The van der Waals surface area contributed by atoms with E-state index in [1.807, 2.05) is 12.1 Å². The average Bonchev–Trinajstić information content (AvgIpc) is 2.51. The summed E-state index contributed by atoms with van der Waals surface area (Å²) in [5.41, 5.74) is 2.64. The van der Waals surface area contributed by atoms with Crippen molar-refractivity contribution in [2.24, 2.45) is 5.41 Å². The van der Waals surface area contributed by atoms with Crippen LogP contribution in [0.15, 0.2) is 36.4 Å². The number of hydrogen-bond acceptors (Lipinski definition) is 3. The lowest BCUT2D eigenvalue weighted by Crippen LogP contribution is -2.90. The predicted octanol–water partition coefficient (Wildman–Crippen LogP) is 3.81. The van der Waals surface area contributed by atoms with Gasteiger partial charge in [-0.2, -0.15) is 0 Å². The summed E-state index contributed by atoms with van der Waals surface area (Å²) in [6.07, 6.45) is 0. The van der Waals surface area contributed by atoms with Crippen molar-refractivity contribution >= 4 is 17.3 Å². The van der Waals surface area contributed by atoms with Crippen LogP contribution in [-0.2, 0) is 6.54 Å². The van der Waals surface area contributed by atoms with Crippen LogP contribution in [0.2, 0.25) is 5.15 Å². The number of aromatic nitrogens is 1. The van der Waals surface area contributed by atoms with E-state index >= 15 is 0 Å². The highest BCUT2D eigenvalue weighted by molar-refractivity contribution is 6.29. The molecular formula is C18H23ClN3O2+. The molecule has 1 heterocycles. The number of nitro benzene ring substituents is 1. The van der Waals surface area contributed by atoms with Crippen molar-refractivity contribution in [3.63, 3.8) is 0 Å². The zero-order valence-electron chi connectivity index (χ0n) is 14.4. The number of pyridine rings is 1. The molecule has 24 heavy (non-hydrogen) atoms. The first-order chi connectivity index (χ1) is 11.2. The molecule has 1 aromatic carbocycles. The van der Waals surface area contributed by atoms with Crippen LogP contribution in [0.3, 0.4) is 0 Å². The molecule has 5 nitrogen and oxygen atoms in total. The molecule has 6 heteroatoms. The quantitative estimate of drug-likeness (QED) is 0.507. The van der Waals surface area contributed by atoms with Crippen LogP contribution in [0.1, 0.15) is 33.3 Å². The fourth-order valence-electron chi connectivity index (χ4n) is 2.26. The molecule has 0 fully saturated rings. The second kappa shape index (κ2) is 7.28. The van der Waals surface area contributed by atoms with E-state index in [9.17, 15) is 10.1 Å². The van der Waals surface area contributed by atoms with Crippen LogP contribution in [0.5, 0.6) is 0 Å². The first-order valence-corrected chi connectivity index (χ1v) is 8.29. The van der Waals surface area contributed by atoms with Gasteiger partial charge in [-0.25, -0.2) is 4.98 Å². The maximum atomic E-state index is 10.9. The summed E-state index contributed by atoms with van der Waals surface area (Å²) in [4.78, 5) is 14.8. The Morgan fingerprint density at radius 1 is 1.29 bits per heavy atom. The maximum Gasteiger partial charge on any atom is 0.270 e. The third-order valence-corrected chi connectivity index (χ3v) is 4.47. The lowest BCUT2D eigenvalue weighted by molar-refractivity contribution is -0.712. The van der Waals surface area contributed by atoms with Crippen LogP contribution < -0.4 is 5.32 Å². The van der Waals surface area contributed by atoms with Gasteiger partial charge in [-0.1, -0.05) is 44.5 Å². The minimum Gasteiger partial charge on any atom is -0.340 e. The van der Waals surface area contributed by atoms with Crippen molar-refractivity contribution in [1.82, 2.24) is 4.98 Å². The largest absolute Gasteiger partial charge is 0.340 e. The number of quaternary nitrogens is 1. The van der Waals surface area contributed by atoms with Crippen LogP contribution in [0.4, 0.5) is 5.69 Å². The first-order valence-electron chi connectivity index (χ1n) is 7.91. The highest BCUT2D eigenvalue weighted by Crippen LogP contribution is 2.25. The lowest BCUT2D eigenvalue weighted by atomic mass is 9.88. The molecule has 1 unspecified atom stereocenters. The maximum absolute atomic E-state index is 10.9. The Bertz CT molecular complexity index is 741. The van der Waals surface area contributed by atoms with Crippen molar-refractivity contribution in [3.05, 3.63) is 57.2 Å². The Balaban J connectivity index is 2.26. The molecule has 0 amide bonds. The zero-order valence-corrected chi connectivity index (χ0v) is 15.2. The summed E-state index contributed by atoms with van der Waals surface area (Å²) in [7, 11) is 0. The lowest BCUT2D eigenvalue weighted by Gasteiger charge is -2.25. The molecule has 0 radical (unpaired) electrons. The normalized spacial score (nSPS) is 12.9. The Morgan fingerprint density at radius 3 is 2.62 bits per heavy atom. The standard InChI is InChI=1S/C18H22ClN3O2/c1-12(18(2,3)4)20-11-13-8-16(21-17(19)9-13)14-6-5-7-15(10-14)22(23)24/h5-10,12,20H,11H2,1-4H3/p+1. The number of halogens is 1. The van der Waals surface area contributed by atoms with Crippen LogP contribution in [0.25, 0.3) is 11.3 Å². The van der Waals surface area contributed by atoms with Gasteiger partial charge in [-0.15, -0.1) is 0 Å². The number of nitrogens with zero attached hydrogens (tertiary/aromatic N) is 2. The topological polar surface area (TPSA) is 72.6 Å². The fraction of sp³-hybridized carbons (Fsp3) is 0.389. The molecule has 1 atom stereocenters. The molecule has 0 saturated carbocycles. The summed E-state index contributed by atoms with van der Waals surface area (Å²) < 4.78 is 0. The number of non-ortho nitro benzene ring substituents is 1. The van der Waals surface area contributed by atoms with Crippen molar-refractivity contribution < 1.29 is 10.2 Å². The molecular weight excluding hydrogens is 326 g/mol. The third kappa shape index (κ3) is 4.76. The van der Waals surface area contributed by atoms with E-state index in [-0.39, 0.29) is 11.1 Å². The van der Waals surface area contributed by atoms with Crippen LogP contribution >= 0.6 is 11.6 Å². The monoisotopic (exact) mass is 348 g/mol. The second-order valence-corrected chi connectivity index (χ2v) is 7.47. The fourth-order valence-corrected chi connectivity index (χ4v) is 2.49. The van der Waals surface area contributed by atoms with Crippen molar-refractivity contribution in [2.75, 3.05) is 0 Å². The Morgan fingerprint density at radius 2 is 2.00 bits per heavy atom. The minimum absolute atomic E-state index is 0.0451. The highest BCUT2D eigenvalue weighted by Gasteiger charge is 2.23. The molecule has 0 aliphatic carbocycles. The summed E-state index contributed by atoms with van der Waals surface area (Å²) in [6.45, 7) is 9.61. The van der Waals surface area contributed by atoms with Gasteiger partial charge in [0, 0.05) is 28.7 Å². The SMILES string of the molecule is CC([NH2+]Cc1cc(Cl)nc(-c2cccc([N+](=O)[O-])c2)c1)C(C)(C)C. The van der Waals surface area contributed by atoms with Crippen molar-refractivity contribution in [3.8, 4) is 11.3 Å². The van der Waals surface area contributed by atoms with Crippen LogP contribution in [-0.4, -0.2) is 15.9 Å². The Labute approximate surface area is 147 Å². The molecule has 2 rings (SSSR count). The van der Waals surface area contributed by atoms with E-state index in [2.05, 4.69) is 38.0 Å². The molecule has 1 aromatic heterocycles. The molecule has 0 bridgehead atoms. The average molecular weight is 349 g/mol. The third-order valence-electron chi connectivity index (χ3n) is 4.28. The predicted molar refractivity (Wildman–Crippen MR) is 95.9 cm³/mol. The van der Waals surface area contributed by atoms with Crippen molar-refractivity contribution in [2.45, 2.75) is 40.3 Å². The van der Waals surface area contributed by atoms with Gasteiger partial charge in [0.25, 0.3) is 5.69 Å². The first kappa shape index (κ1) is 18.4. The molecule has 128 valence electrons. The molecule has 0 saturated heterocycles. The van der Waals surface area contributed by atoms with Gasteiger partial charge in [0.15, 0.2) is 0 Å². The molecule has 2 aromatic rings. The van der Waals surface area contributed by atoms with Gasteiger partial charge in [-0.05, 0) is 19.1 Å².